The van der Waals surface area contributed by atoms with Crippen LogP contribution in [0.2, 0.25) is 15.1 Å². The second-order valence-electron chi connectivity index (χ2n) is 8.92. The number of phenols is 1. The first kappa shape index (κ1) is 27.7. The fourth-order valence-corrected chi connectivity index (χ4v) is 3.95. The molecule has 6 nitrogen and oxygen atoms in total. The van der Waals surface area contributed by atoms with E-state index in [1.807, 2.05) is 12.1 Å². The van der Waals surface area contributed by atoms with Crippen molar-refractivity contribution in [3.05, 3.63) is 80.8 Å². The van der Waals surface area contributed by atoms with Crippen molar-refractivity contribution in [3.63, 3.8) is 0 Å². The van der Waals surface area contributed by atoms with E-state index in [0.717, 1.165) is 12.0 Å². The van der Waals surface area contributed by atoms with Crippen LogP contribution in [0.3, 0.4) is 0 Å². The number of hydrogen-bond acceptors (Lipinski definition) is 4. The number of hydrogen-bond donors (Lipinski definition) is 3. The number of halogens is 3. The standard InChI is InChI=1S/C27H27Cl3N2O4/c1-5-27(3,4)16-10-11-24(20(30)12-16)36-15(2)25(34)31-21-14-23(33)22(13-19(21)29)32-26(35)17-8-6-7-9-18(17)28/h6-15,33H,5H2,1-4H3,(H,31,34)(H,32,35). The highest BCUT2D eigenvalue weighted by molar-refractivity contribution is 6.35. The van der Waals surface area contributed by atoms with Gasteiger partial charge in [0.15, 0.2) is 6.10 Å². The third kappa shape index (κ3) is 6.44. The van der Waals surface area contributed by atoms with Crippen molar-refractivity contribution in [2.75, 3.05) is 10.6 Å². The van der Waals surface area contributed by atoms with E-state index in [9.17, 15) is 14.7 Å². The lowest BCUT2D eigenvalue weighted by molar-refractivity contribution is -0.122. The molecule has 0 aliphatic rings. The number of nitrogens with one attached hydrogen (secondary N) is 2. The molecule has 0 radical (unpaired) electrons. The molecule has 0 aliphatic heterocycles. The Morgan fingerprint density at radius 3 is 2.28 bits per heavy atom. The number of aromatic hydroxyl groups is 1. The van der Waals surface area contributed by atoms with Crippen molar-refractivity contribution in [2.24, 2.45) is 0 Å². The number of benzene rings is 3. The molecule has 3 aromatic carbocycles. The highest BCUT2D eigenvalue weighted by atomic mass is 35.5. The van der Waals surface area contributed by atoms with Crippen molar-refractivity contribution in [2.45, 2.75) is 45.6 Å². The molecule has 1 unspecified atom stereocenters. The summed E-state index contributed by atoms with van der Waals surface area (Å²) in [6, 6.07) is 14.6. The van der Waals surface area contributed by atoms with Gasteiger partial charge in [-0.1, -0.05) is 73.8 Å². The summed E-state index contributed by atoms with van der Waals surface area (Å²) in [6.07, 6.45) is 0.0312. The molecule has 0 aromatic heterocycles. The Morgan fingerprint density at radius 1 is 0.944 bits per heavy atom. The summed E-state index contributed by atoms with van der Waals surface area (Å²) >= 11 is 18.8. The molecule has 0 bridgehead atoms. The molecule has 3 rings (SSSR count). The molecule has 9 heteroatoms. The lowest BCUT2D eigenvalue weighted by Gasteiger charge is -2.24. The van der Waals surface area contributed by atoms with Crippen LogP contribution < -0.4 is 15.4 Å². The Hall–Kier alpha value is -2.93. The Kier molecular flexibility index (Phi) is 8.77. The minimum atomic E-state index is -0.912. The fraction of sp³-hybridized carbons (Fsp3) is 0.259. The van der Waals surface area contributed by atoms with E-state index in [1.165, 1.54) is 12.1 Å². The Bertz CT molecular complexity index is 1290. The van der Waals surface area contributed by atoms with Crippen molar-refractivity contribution < 1.29 is 19.4 Å². The summed E-state index contributed by atoms with van der Waals surface area (Å²) in [5, 5.41) is 16.4. The van der Waals surface area contributed by atoms with Gasteiger partial charge in [0.05, 0.1) is 32.0 Å². The molecule has 0 aliphatic carbocycles. The largest absolute Gasteiger partial charge is 0.506 e. The maximum Gasteiger partial charge on any atom is 0.265 e. The number of ether oxygens (including phenoxy) is 1. The molecular weight excluding hydrogens is 523 g/mol. The maximum atomic E-state index is 12.7. The van der Waals surface area contributed by atoms with Gasteiger partial charge in [0.2, 0.25) is 0 Å². The van der Waals surface area contributed by atoms with Gasteiger partial charge in [-0.3, -0.25) is 9.59 Å². The predicted octanol–water partition coefficient (Wildman–Crippen LogP) is 7.70. The molecule has 0 heterocycles. The van der Waals surface area contributed by atoms with Gasteiger partial charge < -0.3 is 20.5 Å². The summed E-state index contributed by atoms with van der Waals surface area (Å²) in [5.74, 6) is -0.934. The Balaban J connectivity index is 1.69. The molecule has 0 fully saturated rings. The first-order valence-corrected chi connectivity index (χ1v) is 12.4. The summed E-state index contributed by atoms with van der Waals surface area (Å²) in [5.41, 5.74) is 1.49. The first-order chi connectivity index (χ1) is 16.9. The van der Waals surface area contributed by atoms with Gasteiger partial charge in [-0.05, 0) is 54.7 Å². The topological polar surface area (TPSA) is 87.7 Å². The second-order valence-corrected chi connectivity index (χ2v) is 10.1. The summed E-state index contributed by atoms with van der Waals surface area (Å²) in [4.78, 5) is 25.2. The van der Waals surface area contributed by atoms with Crippen molar-refractivity contribution in [1.82, 2.24) is 0 Å². The van der Waals surface area contributed by atoms with Crippen LogP contribution in [0.15, 0.2) is 54.6 Å². The predicted molar refractivity (Wildman–Crippen MR) is 146 cm³/mol. The Morgan fingerprint density at radius 2 is 1.64 bits per heavy atom. The average molecular weight is 550 g/mol. The van der Waals surface area contributed by atoms with Crippen LogP contribution in [0.1, 0.15) is 50.0 Å². The zero-order chi connectivity index (χ0) is 26.6. The van der Waals surface area contributed by atoms with Crippen LogP contribution in [-0.4, -0.2) is 23.0 Å². The van der Waals surface area contributed by atoms with Crippen LogP contribution in [0.4, 0.5) is 11.4 Å². The molecule has 0 spiro atoms. The number of anilines is 2. The van der Waals surface area contributed by atoms with Gasteiger partial charge in [-0.25, -0.2) is 0 Å². The van der Waals surface area contributed by atoms with Gasteiger partial charge in [0, 0.05) is 6.07 Å². The zero-order valence-electron chi connectivity index (χ0n) is 20.3. The summed E-state index contributed by atoms with van der Waals surface area (Å²) < 4.78 is 5.77. The first-order valence-electron chi connectivity index (χ1n) is 11.3. The van der Waals surface area contributed by atoms with E-state index in [4.69, 9.17) is 39.5 Å². The lowest BCUT2D eigenvalue weighted by Crippen LogP contribution is -2.30. The van der Waals surface area contributed by atoms with E-state index in [-0.39, 0.29) is 38.1 Å². The van der Waals surface area contributed by atoms with E-state index >= 15 is 0 Å². The van der Waals surface area contributed by atoms with Gasteiger partial charge in [-0.2, -0.15) is 0 Å². The van der Waals surface area contributed by atoms with Crippen molar-refractivity contribution in [3.8, 4) is 11.5 Å². The van der Waals surface area contributed by atoms with Crippen LogP contribution >= 0.6 is 34.8 Å². The van der Waals surface area contributed by atoms with E-state index in [2.05, 4.69) is 31.4 Å². The number of amides is 2. The molecule has 3 aromatic rings. The fourth-order valence-electron chi connectivity index (χ4n) is 3.29. The minimum Gasteiger partial charge on any atom is -0.506 e. The van der Waals surface area contributed by atoms with Crippen LogP contribution in [-0.2, 0) is 10.2 Å². The molecule has 0 saturated carbocycles. The molecule has 3 N–H and O–H groups in total. The van der Waals surface area contributed by atoms with Crippen molar-refractivity contribution >= 4 is 58.0 Å². The number of rotatable bonds is 8. The number of phenolic OH excluding ortho intramolecular Hbond substituents is 1. The summed E-state index contributed by atoms with van der Waals surface area (Å²) in [7, 11) is 0. The average Bonchev–Trinajstić information content (AvgIpc) is 2.83. The highest BCUT2D eigenvalue weighted by Crippen LogP contribution is 2.36. The molecule has 190 valence electrons. The monoisotopic (exact) mass is 548 g/mol. The van der Waals surface area contributed by atoms with Gasteiger partial charge in [-0.15, -0.1) is 0 Å². The molecule has 0 saturated heterocycles. The van der Waals surface area contributed by atoms with Gasteiger partial charge in [0.1, 0.15) is 11.5 Å². The third-order valence-corrected chi connectivity index (χ3v) is 6.92. The van der Waals surface area contributed by atoms with Crippen LogP contribution in [0.25, 0.3) is 0 Å². The Labute approximate surface area is 225 Å². The van der Waals surface area contributed by atoms with Crippen molar-refractivity contribution in [1.29, 1.82) is 0 Å². The summed E-state index contributed by atoms with van der Waals surface area (Å²) in [6.45, 7) is 7.93. The van der Waals surface area contributed by atoms with Crippen LogP contribution in [0.5, 0.6) is 11.5 Å². The smallest absolute Gasteiger partial charge is 0.265 e. The quantitative estimate of drug-likeness (QED) is 0.251. The number of carbonyl (C=O) groups is 2. The van der Waals surface area contributed by atoms with E-state index < -0.39 is 17.9 Å². The van der Waals surface area contributed by atoms with Crippen LogP contribution in [0, 0.1) is 0 Å². The SMILES string of the molecule is CCC(C)(C)c1ccc(OC(C)C(=O)Nc2cc(O)c(NC(=O)c3ccccc3Cl)cc2Cl)c(Cl)c1. The molecule has 36 heavy (non-hydrogen) atoms. The zero-order valence-corrected chi connectivity index (χ0v) is 22.6. The molecular formula is C27H27Cl3N2O4. The van der Waals surface area contributed by atoms with E-state index in [0.29, 0.717) is 10.8 Å². The normalized spacial score (nSPS) is 12.1. The second kappa shape index (κ2) is 11.4. The number of carbonyl (C=O) groups excluding carboxylic acids is 2. The lowest BCUT2D eigenvalue weighted by atomic mass is 9.82. The van der Waals surface area contributed by atoms with Gasteiger partial charge >= 0.3 is 0 Å². The third-order valence-electron chi connectivity index (χ3n) is 5.98. The van der Waals surface area contributed by atoms with E-state index in [1.54, 1.807) is 37.3 Å². The minimum absolute atomic E-state index is 0.0388. The highest BCUT2D eigenvalue weighted by Gasteiger charge is 2.22. The maximum absolute atomic E-state index is 12.7. The van der Waals surface area contributed by atoms with Gasteiger partial charge in [0.25, 0.3) is 11.8 Å². The molecule has 1 atom stereocenters. The molecule has 2 amide bonds.